The summed E-state index contributed by atoms with van der Waals surface area (Å²) < 4.78 is 5.41. The van der Waals surface area contributed by atoms with Gasteiger partial charge in [0.2, 0.25) is 0 Å². The predicted octanol–water partition coefficient (Wildman–Crippen LogP) is 5.51. The highest BCUT2D eigenvalue weighted by atomic mass is 16.5. The van der Waals surface area contributed by atoms with E-state index < -0.39 is 0 Å². The molecular weight excluding hydrogens is 400 g/mol. The van der Waals surface area contributed by atoms with Crippen molar-refractivity contribution in [2.45, 2.75) is 64.5 Å². The number of rotatable bonds is 6. The van der Waals surface area contributed by atoms with Gasteiger partial charge in [0.15, 0.2) is 0 Å². The van der Waals surface area contributed by atoms with Gasteiger partial charge in [0.25, 0.3) is 5.91 Å². The van der Waals surface area contributed by atoms with Gasteiger partial charge in [0.1, 0.15) is 0 Å². The molecule has 5 nitrogen and oxygen atoms in total. The molecule has 2 fully saturated rings. The molecule has 170 valence electrons. The first-order valence-corrected chi connectivity index (χ1v) is 12.0. The Labute approximate surface area is 191 Å². The summed E-state index contributed by atoms with van der Waals surface area (Å²) >= 11 is 0. The number of aryl methyl sites for hydroxylation is 1. The molecular formula is C27H34N2O3. The molecule has 2 aromatic carbocycles. The molecule has 1 amide bonds. The van der Waals surface area contributed by atoms with Crippen molar-refractivity contribution in [3.63, 3.8) is 0 Å². The van der Waals surface area contributed by atoms with E-state index in [2.05, 4.69) is 29.6 Å². The van der Waals surface area contributed by atoms with Crippen LogP contribution in [0.1, 0.15) is 73.0 Å². The Bertz CT molecular complexity index is 934. The number of hydrogen-bond donors (Lipinski definition) is 1. The first-order chi connectivity index (χ1) is 15.6. The molecule has 1 heterocycles. The van der Waals surface area contributed by atoms with Crippen molar-refractivity contribution in [1.29, 1.82) is 0 Å². The number of benzene rings is 2. The number of carbonyl (C=O) groups is 2. The summed E-state index contributed by atoms with van der Waals surface area (Å²) in [6, 6.07) is 16.2. The number of amides is 1. The van der Waals surface area contributed by atoms with Crippen LogP contribution < -0.4 is 5.32 Å². The quantitative estimate of drug-likeness (QED) is 0.610. The van der Waals surface area contributed by atoms with Gasteiger partial charge in [0.05, 0.1) is 18.6 Å². The van der Waals surface area contributed by atoms with Crippen LogP contribution in [-0.4, -0.2) is 36.0 Å². The fourth-order valence-electron chi connectivity index (χ4n) is 5.18. The van der Waals surface area contributed by atoms with Crippen molar-refractivity contribution >= 4 is 17.6 Å². The van der Waals surface area contributed by atoms with Crippen LogP contribution in [0, 0.1) is 12.8 Å². The fraction of sp³-hybridized carbons (Fsp3) is 0.481. The molecule has 4 rings (SSSR count). The van der Waals surface area contributed by atoms with Crippen LogP contribution in [-0.2, 0) is 9.53 Å². The molecule has 2 aromatic rings. The summed E-state index contributed by atoms with van der Waals surface area (Å²) in [5.41, 5.74) is 3.73. The molecule has 0 bridgehead atoms. The van der Waals surface area contributed by atoms with Crippen LogP contribution in [0.4, 0.5) is 5.69 Å². The van der Waals surface area contributed by atoms with E-state index in [-0.39, 0.29) is 23.8 Å². The highest BCUT2D eigenvalue weighted by Gasteiger charge is 2.40. The number of nitrogens with one attached hydrogen (secondary N) is 1. The van der Waals surface area contributed by atoms with Gasteiger partial charge in [-0.05, 0) is 68.9 Å². The first kappa shape index (κ1) is 22.4. The molecule has 1 N–H and O–H groups in total. The van der Waals surface area contributed by atoms with Gasteiger partial charge in [-0.25, -0.2) is 0 Å². The average molecular weight is 435 g/mol. The van der Waals surface area contributed by atoms with E-state index in [1.807, 2.05) is 43.0 Å². The lowest BCUT2D eigenvalue weighted by Gasteiger charge is -2.41. The summed E-state index contributed by atoms with van der Waals surface area (Å²) in [5.74, 6) is -0.589. The van der Waals surface area contributed by atoms with E-state index in [1.165, 1.54) is 25.7 Å². The van der Waals surface area contributed by atoms with E-state index in [0.29, 0.717) is 24.8 Å². The smallest absolute Gasteiger partial charge is 0.311 e. The van der Waals surface area contributed by atoms with Crippen LogP contribution in [0.25, 0.3) is 0 Å². The molecule has 2 unspecified atom stereocenters. The van der Waals surface area contributed by atoms with Crippen LogP contribution in [0.5, 0.6) is 0 Å². The van der Waals surface area contributed by atoms with Crippen LogP contribution in [0.15, 0.2) is 48.5 Å². The monoisotopic (exact) mass is 434 g/mol. The van der Waals surface area contributed by atoms with E-state index >= 15 is 0 Å². The number of likely N-dealkylation sites (tertiary alicyclic amines) is 1. The minimum absolute atomic E-state index is 0.0183. The molecule has 1 saturated heterocycles. The lowest BCUT2D eigenvalue weighted by Crippen LogP contribution is -2.45. The minimum atomic E-state index is -0.356. The first-order valence-electron chi connectivity index (χ1n) is 12.0. The van der Waals surface area contributed by atoms with Crippen LogP contribution in [0.3, 0.4) is 0 Å². The highest BCUT2D eigenvalue weighted by Crippen LogP contribution is 2.38. The zero-order valence-corrected chi connectivity index (χ0v) is 19.2. The second-order valence-corrected chi connectivity index (χ2v) is 9.01. The lowest BCUT2D eigenvalue weighted by molar-refractivity contribution is -0.151. The second-order valence-electron chi connectivity index (χ2n) is 9.01. The van der Waals surface area contributed by atoms with Gasteiger partial charge < -0.3 is 15.0 Å². The summed E-state index contributed by atoms with van der Waals surface area (Å²) in [6.45, 7) is 4.77. The number of piperidine rings is 1. The van der Waals surface area contributed by atoms with Gasteiger partial charge >= 0.3 is 5.97 Å². The fourth-order valence-corrected chi connectivity index (χ4v) is 5.18. The normalized spacial score (nSPS) is 21.4. The van der Waals surface area contributed by atoms with E-state index in [1.54, 1.807) is 0 Å². The van der Waals surface area contributed by atoms with Crippen molar-refractivity contribution in [3.05, 3.63) is 65.2 Å². The second kappa shape index (κ2) is 10.2. The Morgan fingerprint density at radius 1 is 1.00 bits per heavy atom. The average Bonchev–Trinajstić information content (AvgIpc) is 3.32. The number of hydrogen-bond acceptors (Lipinski definition) is 4. The molecule has 1 aliphatic heterocycles. The summed E-state index contributed by atoms with van der Waals surface area (Å²) in [5, 5.41) is 3.62. The van der Waals surface area contributed by atoms with E-state index in [0.717, 1.165) is 29.7 Å². The standard InChI is InChI=1S/C27H34N2O3/c1-3-32-27(31)24-13-8-18-29(26(30)23-12-7-4-9-19(23)2)25(24)20-14-16-22(17-15-20)28-21-10-5-6-11-21/h4,7,9,12,14-17,21,24-25,28H,3,5-6,8,10-11,13,18H2,1-2H3. The van der Waals surface area contributed by atoms with Gasteiger partial charge in [-0.2, -0.15) is 0 Å². The maximum atomic E-state index is 13.6. The predicted molar refractivity (Wildman–Crippen MR) is 127 cm³/mol. The van der Waals surface area contributed by atoms with Gasteiger partial charge in [-0.15, -0.1) is 0 Å². The summed E-state index contributed by atoms with van der Waals surface area (Å²) in [7, 11) is 0. The van der Waals surface area contributed by atoms with Gasteiger partial charge in [-0.3, -0.25) is 9.59 Å². The molecule has 32 heavy (non-hydrogen) atoms. The third kappa shape index (κ3) is 4.82. The molecule has 2 atom stereocenters. The number of ether oxygens (including phenoxy) is 1. The Morgan fingerprint density at radius 3 is 2.41 bits per heavy atom. The third-order valence-corrected chi connectivity index (χ3v) is 6.83. The molecule has 2 aliphatic rings. The van der Waals surface area contributed by atoms with Crippen LogP contribution >= 0.6 is 0 Å². The summed E-state index contributed by atoms with van der Waals surface area (Å²) in [6.07, 6.45) is 6.52. The Kier molecular flexibility index (Phi) is 7.13. The molecule has 5 heteroatoms. The Balaban J connectivity index is 1.64. The number of carbonyl (C=O) groups excluding carboxylic acids is 2. The van der Waals surface area contributed by atoms with Crippen molar-refractivity contribution in [1.82, 2.24) is 4.90 Å². The van der Waals surface area contributed by atoms with Crippen molar-refractivity contribution in [3.8, 4) is 0 Å². The Hall–Kier alpha value is -2.82. The molecule has 0 radical (unpaired) electrons. The Morgan fingerprint density at radius 2 is 1.72 bits per heavy atom. The zero-order chi connectivity index (χ0) is 22.5. The SMILES string of the molecule is CCOC(=O)C1CCCN(C(=O)c2ccccc2C)C1c1ccc(NC2CCCC2)cc1. The number of anilines is 1. The van der Waals surface area contributed by atoms with Crippen molar-refractivity contribution in [2.75, 3.05) is 18.5 Å². The largest absolute Gasteiger partial charge is 0.466 e. The lowest BCUT2D eigenvalue weighted by atomic mass is 9.84. The summed E-state index contributed by atoms with van der Waals surface area (Å²) in [4.78, 5) is 28.3. The van der Waals surface area contributed by atoms with Crippen molar-refractivity contribution < 1.29 is 14.3 Å². The third-order valence-electron chi connectivity index (χ3n) is 6.83. The number of esters is 1. The molecule has 1 saturated carbocycles. The highest BCUT2D eigenvalue weighted by molar-refractivity contribution is 5.96. The molecule has 0 aromatic heterocycles. The van der Waals surface area contributed by atoms with Crippen molar-refractivity contribution in [2.24, 2.45) is 5.92 Å². The molecule has 0 spiro atoms. The maximum Gasteiger partial charge on any atom is 0.311 e. The van der Waals surface area contributed by atoms with Gasteiger partial charge in [0, 0.05) is 23.8 Å². The topological polar surface area (TPSA) is 58.6 Å². The number of nitrogens with zero attached hydrogens (tertiary/aromatic N) is 1. The maximum absolute atomic E-state index is 13.6. The van der Waals surface area contributed by atoms with Crippen LogP contribution in [0.2, 0.25) is 0 Å². The van der Waals surface area contributed by atoms with E-state index in [4.69, 9.17) is 4.74 Å². The van der Waals surface area contributed by atoms with Gasteiger partial charge in [-0.1, -0.05) is 43.2 Å². The van der Waals surface area contributed by atoms with E-state index in [9.17, 15) is 9.59 Å². The molecule has 1 aliphatic carbocycles. The minimum Gasteiger partial charge on any atom is -0.466 e. The zero-order valence-electron chi connectivity index (χ0n) is 19.2.